The minimum atomic E-state index is -0.274. The molecular formula is C9H14ClNO. The van der Waals surface area contributed by atoms with Crippen molar-refractivity contribution in [3.8, 4) is 0 Å². The van der Waals surface area contributed by atoms with Crippen LogP contribution in [-0.2, 0) is 4.79 Å². The molecule has 3 atom stereocenters. The Balaban J connectivity index is 2.02. The van der Waals surface area contributed by atoms with Crippen LogP contribution < -0.4 is 5.32 Å². The monoisotopic (exact) mass is 187 g/mol. The first-order valence-electron chi connectivity index (χ1n) is 4.72. The highest BCUT2D eigenvalue weighted by Gasteiger charge is 2.35. The van der Waals surface area contributed by atoms with Crippen LogP contribution in [0.15, 0.2) is 0 Å². The summed E-state index contributed by atoms with van der Waals surface area (Å²) in [5.74, 6) is 0.693. The molecule has 0 unspecified atom stereocenters. The number of fused-ring (bicyclic) bond motifs is 1. The first-order valence-corrected chi connectivity index (χ1v) is 5.15. The molecule has 1 aliphatic heterocycles. The summed E-state index contributed by atoms with van der Waals surface area (Å²) < 4.78 is 0. The number of carbonyl (C=O) groups excluding carboxylic acids is 1. The summed E-state index contributed by atoms with van der Waals surface area (Å²) in [6.45, 7) is 0. The Kier molecular flexibility index (Phi) is 2.26. The van der Waals surface area contributed by atoms with Crippen molar-refractivity contribution in [2.45, 2.75) is 43.5 Å². The molecule has 0 spiro atoms. The third-order valence-electron chi connectivity index (χ3n) is 3.03. The molecule has 1 aliphatic carbocycles. The maximum Gasteiger partial charge on any atom is 0.238 e. The van der Waals surface area contributed by atoms with Crippen LogP contribution in [0.5, 0.6) is 0 Å². The van der Waals surface area contributed by atoms with Gasteiger partial charge in [-0.25, -0.2) is 0 Å². The van der Waals surface area contributed by atoms with Gasteiger partial charge in [0.05, 0.1) is 0 Å². The molecule has 2 aliphatic rings. The SMILES string of the molecule is O=C1N[C@@H]2CCCC[C@H]2C[C@H]1Cl. The number of alkyl halides is 1. The van der Waals surface area contributed by atoms with Gasteiger partial charge in [0, 0.05) is 6.04 Å². The van der Waals surface area contributed by atoms with Gasteiger partial charge in [0.2, 0.25) is 5.91 Å². The highest BCUT2D eigenvalue weighted by atomic mass is 35.5. The Hall–Kier alpha value is -0.240. The molecule has 0 bridgehead atoms. The Labute approximate surface area is 77.7 Å². The van der Waals surface area contributed by atoms with Crippen LogP contribution in [0.2, 0.25) is 0 Å². The molecule has 0 aromatic rings. The maximum absolute atomic E-state index is 11.2. The second-order valence-electron chi connectivity index (χ2n) is 3.86. The zero-order chi connectivity index (χ0) is 8.55. The molecule has 1 amide bonds. The standard InChI is InChI=1S/C9H14ClNO/c10-7-5-6-3-1-2-4-8(6)11-9(7)12/h6-8H,1-5H2,(H,11,12)/t6-,7+,8+/m0/s1. The summed E-state index contributed by atoms with van der Waals surface area (Å²) in [5.41, 5.74) is 0. The minimum absolute atomic E-state index is 0.0415. The molecule has 0 aromatic carbocycles. The number of amides is 1. The zero-order valence-corrected chi connectivity index (χ0v) is 7.81. The average Bonchev–Trinajstić information content (AvgIpc) is 2.07. The van der Waals surface area contributed by atoms with E-state index in [1.807, 2.05) is 0 Å². The third kappa shape index (κ3) is 1.45. The molecule has 68 valence electrons. The van der Waals surface area contributed by atoms with Crippen molar-refractivity contribution in [2.24, 2.45) is 5.92 Å². The van der Waals surface area contributed by atoms with E-state index in [1.54, 1.807) is 0 Å². The Morgan fingerprint density at radius 3 is 2.92 bits per heavy atom. The number of piperidine rings is 1. The molecule has 1 saturated heterocycles. The summed E-state index contributed by atoms with van der Waals surface area (Å²) in [5, 5.41) is 2.72. The van der Waals surface area contributed by atoms with Gasteiger partial charge in [-0.3, -0.25) is 4.79 Å². The number of carbonyl (C=O) groups is 1. The van der Waals surface area contributed by atoms with Crippen molar-refractivity contribution >= 4 is 17.5 Å². The summed E-state index contributed by atoms with van der Waals surface area (Å²) >= 11 is 5.87. The van der Waals surface area contributed by atoms with Crippen LogP contribution in [0.4, 0.5) is 0 Å². The Bertz CT molecular complexity index is 195. The van der Waals surface area contributed by atoms with E-state index in [4.69, 9.17) is 11.6 Å². The fourth-order valence-electron chi connectivity index (χ4n) is 2.33. The highest BCUT2D eigenvalue weighted by molar-refractivity contribution is 6.30. The van der Waals surface area contributed by atoms with Gasteiger partial charge in [-0.15, -0.1) is 11.6 Å². The van der Waals surface area contributed by atoms with Crippen LogP contribution >= 0.6 is 11.6 Å². The molecule has 2 fully saturated rings. The van der Waals surface area contributed by atoms with E-state index < -0.39 is 0 Å². The molecule has 3 heteroatoms. The molecule has 0 radical (unpaired) electrons. The summed E-state index contributed by atoms with van der Waals surface area (Å²) in [4.78, 5) is 11.2. The smallest absolute Gasteiger partial charge is 0.238 e. The van der Waals surface area contributed by atoms with E-state index in [9.17, 15) is 4.79 Å². The molecule has 1 heterocycles. The quantitative estimate of drug-likeness (QED) is 0.575. The van der Waals surface area contributed by atoms with E-state index in [-0.39, 0.29) is 11.3 Å². The van der Waals surface area contributed by atoms with E-state index in [0.29, 0.717) is 12.0 Å². The number of halogens is 1. The lowest BCUT2D eigenvalue weighted by atomic mass is 9.79. The van der Waals surface area contributed by atoms with Crippen molar-refractivity contribution in [3.05, 3.63) is 0 Å². The first kappa shape index (κ1) is 8.36. The van der Waals surface area contributed by atoms with Gasteiger partial charge in [0.1, 0.15) is 5.38 Å². The number of nitrogens with one attached hydrogen (secondary N) is 1. The molecular weight excluding hydrogens is 174 g/mol. The van der Waals surface area contributed by atoms with Crippen molar-refractivity contribution in [2.75, 3.05) is 0 Å². The molecule has 12 heavy (non-hydrogen) atoms. The first-order chi connectivity index (χ1) is 5.77. The average molecular weight is 188 g/mol. The van der Waals surface area contributed by atoms with Crippen molar-refractivity contribution in [3.63, 3.8) is 0 Å². The lowest BCUT2D eigenvalue weighted by Gasteiger charge is -2.37. The van der Waals surface area contributed by atoms with Gasteiger partial charge in [-0.2, -0.15) is 0 Å². The van der Waals surface area contributed by atoms with Gasteiger partial charge >= 0.3 is 0 Å². The topological polar surface area (TPSA) is 29.1 Å². The predicted molar refractivity (Wildman–Crippen MR) is 48.1 cm³/mol. The minimum Gasteiger partial charge on any atom is -0.352 e. The lowest BCUT2D eigenvalue weighted by Crippen LogP contribution is -2.51. The van der Waals surface area contributed by atoms with Crippen LogP contribution in [0.1, 0.15) is 32.1 Å². The largest absolute Gasteiger partial charge is 0.352 e. The highest BCUT2D eigenvalue weighted by Crippen LogP contribution is 2.32. The second-order valence-corrected chi connectivity index (χ2v) is 4.39. The van der Waals surface area contributed by atoms with Crippen LogP contribution in [-0.4, -0.2) is 17.3 Å². The Morgan fingerprint density at radius 1 is 1.33 bits per heavy atom. The van der Waals surface area contributed by atoms with Crippen molar-refractivity contribution in [1.82, 2.24) is 5.32 Å². The van der Waals surface area contributed by atoms with Gasteiger partial charge in [-0.1, -0.05) is 12.8 Å². The van der Waals surface area contributed by atoms with E-state index in [0.717, 1.165) is 12.8 Å². The normalized spacial score (nSPS) is 41.8. The molecule has 1 N–H and O–H groups in total. The van der Waals surface area contributed by atoms with E-state index >= 15 is 0 Å². The predicted octanol–water partition coefficient (Wildman–Crippen LogP) is 1.67. The number of hydrogen-bond acceptors (Lipinski definition) is 1. The zero-order valence-electron chi connectivity index (χ0n) is 7.05. The van der Waals surface area contributed by atoms with Crippen LogP contribution in [0.3, 0.4) is 0 Å². The maximum atomic E-state index is 11.2. The van der Waals surface area contributed by atoms with Gasteiger partial charge in [0.15, 0.2) is 0 Å². The van der Waals surface area contributed by atoms with Crippen molar-refractivity contribution in [1.29, 1.82) is 0 Å². The van der Waals surface area contributed by atoms with E-state index in [1.165, 1.54) is 19.3 Å². The van der Waals surface area contributed by atoms with Crippen molar-refractivity contribution < 1.29 is 4.79 Å². The summed E-state index contributed by atoms with van der Waals surface area (Å²) in [6, 6.07) is 0.432. The van der Waals surface area contributed by atoms with Gasteiger partial charge in [-0.05, 0) is 25.2 Å². The lowest BCUT2D eigenvalue weighted by molar-refractivity contribution is -0.124. The molecule has 2 nitrogen and oxygen atoms in total. The molecule has 1 saturated carbocycles. The summed E-state index contributed by atoms with van der Waals surface area (Å²) in [7, 11) is 0. The van der Waals surface area contributed by atoms with Gasteiger partial charge < -0.3 is 5.32 Å². The van der Waals surface area contributed by atoms with Crippen LogP contribution in [0.25, 0.3) is 0 Å². The summed E-state index contributed by atoms with van der Waals surface area (Å²) in [6.07, 6.45) is 5.85. The third-order valence-corrected chi connectivity index (χ3v) is 3.41. The molecule has 0 aromatic heterocycles. The Morgan fingerprint density at radius 2 is 2.08 bits per heavy atom. The number of rotatable bonds is 0. The molecule has 2 rings (SSSR count). The second kappa shape index (κ2) is 3.25. The van der Waals surface area contributed by atoms with Crippen LogP contribution in [0, 0.1) is 5.92 Å². The fourth-order valence-corrected chi connectivity index (χ4v) is 2.62. The fraction of sp³-hybridized carbons (Fsp3) is 0.889. The van der Waals surface area contributed by atoms with E-state index in [2.05, 4.69) is 5.32 Å². The van der Waals surface area contributed by atoms with Gasteiger partial charge in [0.25, 0.3) is 0 Å². The number of hydrogen-bond donors (Lipinski definition) is 1.